The van der Waals surface area contributed by atoms with Crippen LogP contribution < -0.4 is 20.5 Å². The number of pyridine rings is 1. The lowest BCUT2D eigenvalue weighted by molar-refractivity contribution is 0.0977. The van der Waals surface area contributed by atoms with Gasteiger partial charge in [0.15, 0.2) is 11.3 Å². The molecule has 0 saturated heterocycles. The number of furan rings is 1. The van der Waals surface area contributed by atoms with E-state index in [1.54, 1.807) is 12.1 Å². The number of rotatable bonds is 6. The third-order valence-corrected chi connectivity index (χ3v) is 4.37. The quantitative estimate of drug-likeness (QED) is 0.484. The summed E-state index contributed by atoms with van der Waals surface area (Å²) in [5.74, 6) is -1.56. The highest BCUT2D eigenvalue weighted by atomic mass is 19.1. The number of halogens is 1. The SMILES string of the molecule is COc1cc(F)cc2c(NC(=O)c3ccc(Oc4ccccc4)nc3)c(C(N)=O)oc12. The minimum atomic E-state index is -0.932. The smallest absolute Gasteiger partial charge is 0.286 e. The molecule has 0 atom stereocenters. The lowest BCUT2D eigenvalue weighted by atomic mass is 10.2. The fraction of sp³-hybridized carbons (Fsp3) is 0.0455. The molecule has 2 aromatic heterocycles. The van der Waals surface area contributed by atoms with E-state index < -0.39 is 17.6 Å². The van der Waals surface area contributed by atoms with Crippen LogP contribution >= 0.6 is 0 Å². The molecule has 0 bridgehead atoms. The molecule has 3 N–H and O–H groups in total. The van der Waals surface area contributed by atoms with E-state index in [0.29, 0.717) is 11.6 Å². The standard InChI is InChI=1S/C22H16FN3O5/c1-29-16-10-13(23)9-15-18(20(21(24)27)31-19(15)16)26-22(28)12-7-8-17(25-11-12)30-14-5-3-2-4-6-14/h2-11H,1H3,(H2,24,27)(H,26,28). The molecule has 0 aliphatic carbocycles. The van der Waals surface area contributed by atoms with Gasteiger partial charge in [-0.05, 0) is 24.3 Å². The lowest BCUT2D eigenvalue weighted by Crippen LogP contribution is -2.17. The summed E-state index contributed by atoms with van der Waals surface area (Å²) in [6.07, 6.45) is 1.31. The number of primary amides is 1. The molecule has 4 rings (SSSR count). The highest BCUT2D eigenvalue weighted by molar-refractivity contribution is 6.14. The number of hydrogen-bond donors (Lipinski definition) is 2. The molecule has 156 valence electrons. The largest absolute Gasteiger partial charge is 0.493 e. The average molecular weight is 421 g/mol. The van der Waals surface area contributed by atoms with Gasteiger partial charge in [-0.15, -0.1) is 0 Å². The van der Waals surface area contributed by atoms with Crippen molar-refractivity contribution in [2.45, 2.75) is 0 Å². The van der Waals surface area contributed by atoms with Gasteiger partial charge in [-0.2, -0.15) is 0 Å². The van der Waals surface area contributed by atoms with Crippen LogP contribution in [0.1, 0.15) is 20.9 Å². The first-order chi connectivity index (χ1) is 15.0. The summed E-state index contributed by atoms with van der Waals surface area (Å²) in [4.78, 5) is 28.7. The summed E-state index contributed by atoms with van der Waals surface area (Å²) in [7, 11) is 1.32. The van der Waals surface area contributed by atoms with E-state index in [1.165, 1.54) is 25.4 Å². The van der Waals surface area contributed by atoms with E-state index >= 15 is 0 Å². The Hall–Kier alpha value is -4.40. The monoisotopic (exact) mass is 421 g/mol. The van der Waals surface area contributed by atoms with Crippen molar-refractivity contribution < 1.29 is 27.9 Å². The molecule has 0 aliphatic rings. The number of para-hydroxylation sites is 1. The van der Waals surface area contributed by atoms with E-state index in [4.69, 9.17) is 19.6 Å². The maximum Gasteiger partial charge on any atom is 0.286 e. The first kappa shape index (κ1) is 19.9. The Morgan fingerprint density at radius 2 is 1.90 bits per heavy atom. The summed E-state index contributed by atoms with van der Waals surface area (Å²) in [6.45, 7) is 0. The number of amides is 2. The van der Waals surface area contributed by atoms with Gasteiger partial charge in [0.05, 0.1) is 18.1 Å². The van der Waals surface area contributed by atoms with Crippen molar-refractivity contribution in [1.29, 1.82) is 0 Å². The molecule has 0 radical (unpaired) electrons. The van der Waals surface area contributed by atoms with Crippen LogP contribution in [0, 0.1) is 5.82 Å². The Bertz CT molecular complexity index is 1270. The van der Waals surface area contributed by atoms with Crippen molar-refractivity contribution in [2.75, 3.05) is 12.4 Å². The second-order valence-electron chi connectivity index (χ2n) is 6.41. The van der Waals surface area contributed by atoms with Gasteiger partial charge in [0.25, 0.3) is 11.8 Å². The van der Waals surface area contributed by atoms with E-state index in [0.717, 1.165) is 12.1 Å². The van der Waals surface area contributed by atoms with Crippen LogP contribution in [-0.2, 0) is 0 Å². The third-order valence-electron chi connectivity index (χ3n) is 4.37. The Kier molecular flexibility index (Phi) is 5.23. The fourth-order valence-electron chi connectivity index (χ4n) is 2.95. The number of ether oxygens (including phenoxy) is 2. The Morgan fingerprint density at radius 3 is 2.55 bits per heavy atom. The number of carbonyl (C=O) groups excluding carboxylic acids is 2. The highest BCUT2D eigenvalue weighted by Crippen LogP contribution is 2.37. The summed E-state index contributed by atoms with van der Waals surface area (Å²) >= 11 is 0. The number of benzene rings is 2. The summed E-state index contributed by atoms with van der Waals surface area (Å²) in [5, 5.41) is 2.68. The fourth-order valence-corrected chi connectivity index (χ4v) is 2.95. The van der Waals surface area contributed by atoms with Crippen LogP contribution in [-0.4, -0.2) is 23.9 Å². The second kappa shape index (κ2) is 8.15. The van der Waals surface area contributed by atoms with Crippen molar-refractivity contribution in [2.24, 2.45) is 5.73 Å². The van der Waals surface area contributed by atoms with Crippen molar-refractivity contribution in [3.05, 3.63) is 77.9 Å². The number of nitrogens with two attached hydrogens (primary N) is 1. The molecule has 8 nitrogen and oxygen atoms in total. The van der Waals surface area contributed by atoms with E-state index in [1.807, 2.05) is 18.2 Å². The number of anilines is 1. The highest BCUT2D eigenvalue weighted by Gasteiger charge is 2.24. The predicted molar refractivity (Wildman–Crippen MR) is 110 cm³/mol. The maximum atomic E-state index is 14.0. The topological polar surface area (TPSA) is 117 Å². The maximum absolute atomic E-state index is 14.0. The van der Waals surface area contributed by atoms with Crippen LogP contribution in [0.25, 0.3) is 11.0 Å². The van der Waals surface area contributed by atoms with Crippen LogP contribution in [0.4, 0.5) is 10.1 Å². The first-order valence-corrected chi connectivity index (χ1v) is 9.06. The Labute approximate surface area is 175 Å². The third kappa shape index (κ3) is 4.01. The van der Waals surface area contributed by atoms with Crippen molar-refractivity contribution in [3.63, 3.8) is 0 Å². The van der Waals surface area contributed by atoms with Gasteiger partial charge in [0, 0.05) is 18.3 Å². The number of aromatic nitrogens is 1. The van der Waals surface area contributed by atoms with Gasteiger partial charge in [0.1, 0.15) is 17.3 Å². The zero-order chi connectivity index (χ0) is 22.0. The number of hydrogen-bond acceptors (Lipinski definition) is 6. The van der Waals surface area contributed by atoms with Crippen molar-refractivity contribution in [3.8, 4) is 17.4 Å². The normalized spacial score (nSPS) is 10.6. The second-order valence-corrected chi connectivity index (χ2v) is 6.41. The van der Waals surface area contributed by atoms with Gasteiger partial charge < -0.3 is 24.9 Å². The van der Waals surface area contributed by atoms with Gasteiger partial charge in [-0.3, -0.25) is 9.59 Å². The van der Waals surface area contributed by atoms with Gasteiger partial charge in [0.2, 0.25) is 11.6 Å². The molecule has 0 spiro atoms. The lowest BCUT2D eigenvalue weighted by Gasteiger charge is -2.07. The molecule has 0 aliphatic heterocycles. The number of fused-ring (bicyclic) bond motifs is 1. The molecule has 0 unspecified atom stereocenters. The van der Waals surface area contributed by atoms with Crippen LogP contribution in [0.5, 0.6) is 17.4 Å². The van der Waals surface area contributed by atoms with Gasteiger partial charge >= 0.3 is 0 Å². The molecule has 4 aromatic rings. The van der Waals surface area contributed by atoms with Crippen LogP contribution in [0.2, 0.25) is 0 Å². The molecular formula is C22H16FN3O5. The zero-order valence-corrected chi connectivity index (χ0v) is 16.2. The number of methoxy groups -OCH3 is 1. The minimum absolute atomic E-state index is 0.0575. The summed E-state index contributed by atoms with van der Waals surface area (Å²) in [5.41, 5.74) is 5.56. The molecule has 0 fully saturated rings. The van der Waals surface area contributed by atoms with Crippen LogP contribution in [0.15, 0.2) is 65.2 Å². The van der Waals surface area contributed by atoms with Gasteiger partial charge in [-0.1, -0.05) is 18.2 Å². The van der Waals surface area contributed by atoms with Gasteiger partial charge in [-0.25, -0.2) is 9.37 Å². The molecule has 2 heterocycles. The molecule has 31 heavy (non-hydrogen) atoms. The number of nitrogens with zero attached hydrogens (tertiary/aromatic N) is 1. The molecule has 0 saturated carbocycles. The molecule has 2 amide bonds. The molecular weight excluding hydrogens is 405 g/mol. The predicted octanol–water partition coefficient (Wildman–Crippen LogP) is 4.12. The van der Waals surface area contributed by atoms with Crippen LogP contribution in [0.3, 0.4) is 0 Å². The average Bonchev–Trinajstić information content (AvgIpc) is 3.13. The summed E-state index contributed by atoms with van der Waals surface area (Å²) in [6, 6.07) is 14.3. The van der Waals surface area contributed by atoms with E-state index in [9.17, 15) is 14.0 Å². The molecule has 2 aromatic carbocycles. The summed E-state index contributed by atoms with van der Waals surface area (Å²) < 4.78 is 30.1. The van der Waals surface area contributed by atoms with E-state index in [-0.39, 0.29) is 33.7 Å². The van der Waals surface area contributed by atoms with Crippen molar-refractivity contribution in [1.82, 2.24) is 4.98 Å². The molecule has 9 heteroatoms. The number of nitrogens with one attached hydrogen (secondary N) is 1. The van der Waals surface area contributed by atoms with Crippen molar-refractivity contribution >= 4 is 28.5 Å². The zero-order valence-electron chi connectivity index (χ0n) is 16.2. The Balaban J connectivity index is 1.63. The minimum Gasteiger partial charge on any atom is -0.493 e. The Morgan fingerprint density at radius 1 is 1.13 bits per heavy atom. The van der Waals surface area contributed by atoms with E-state index in [2.05, 4.69) is 10.3 Å². The first-order valence-electron chi connectivity index (χ1n) is 9.06. The number of carbonyl (C=O) groups is 2.